The van der Waals surface area contributed by atoms with Crippen LogP contribution in [0.15, 0.2) is 92.7 Å². The second-order valence-corrected chi connectivity index (χ2v) is 12.6. The first kappa shape index (κ1) is 29.9. The SMILES string of the molecule is CC[C@@H](C)NC(=O)[C@@H](C)N(Cc1cccc(Br)c1)C(=O)CN(c1ccc(Br)cc1)S(=O)(=O)c1ccccc1. The van der Waals surface area contributed by atoms with Crippen LogP contribution < -0.4 is 9.62 Å². The van der Waals surface area contributed by atoms with Crippen LogP contribution in [-0.4, -0.2) is 43.8 Å². The topological polar surface area (TPSA) is 86.8 Å². The molecule has 202 valence electrons. The molecule has 2 amide bonds. The summed E-state index contributed by atoms with van der Waals surface area (Å²) >= 11 is 6.83. The van der Waals surface area contributed by atoms with Crippen molar-refractivity contribution < 1.29 is 18.0 Å². The van der Waals surface area contributed by atoms with E-state index in [0.29, 0.717) is 5.69 Å². The largest absolute Gasteiger partial charge is 0.352 e. The van der Waals surface area contributed by atoms with Crippen LogP contribution >= 0.6 is 31.9 Å². The lowest BCUT2D eigenvalue weighted by molar-refractivity contribution is -0.139. The minimum atomic E-state index is -4.08. The molecule has 3 aromatic carbocycles. The van der Waals surface area contributed by atoms with Gasteiger partial charge in [0.2, 0.25) is 11.8 Å². The molecule has 10 heteroatoms. The molecule has 0 aliphatic carbocycles. The minimum Gasteiger partial charge on any atom is -0.352 e. The van der Waals surface area contributed by atoms with Gasteiger partial charge in [0.15, 0.2) is 0 Å². The Bertz CT molecular complexity index is 1350. The number of carbonyl (C=O) groups is 2. The van der Waals surface area contributed by atoms with Crippen molar-refractivity contribution in [2.24, 2.45) is 0 Å². The van der Waals surface area contributed by atoms with E-state index in [1.54, 1.807) is 49.4 Å². The zero-order valence-electron chi connectivity index (χ0n) is 21.5. The summed E-state index contributed by atoms with van der Waals surface area (Å²) in [5.41, 5.74) is 1.14. The van der Waals surface area contributed by atoms with Crippen LogP contribution in [0.1, 0.15) is 32.8 Å². The van der Waals surface area contributed by atoms with E-state index in [9.17, 15) is 18.0 Å². The smallest absolute Gasteiger partial charge is 0.264 e. The number of sulfonamides is 1. The summed E-state index contributed by atoms with van der Waals surface area (Å²) in [6.45, 7) is 5.17. The summed E-state index contributed by atoms with van der Waals surface area (Å²) in [6, 6.07) is 21.2. The highest BCUT2D eigenvalue weighted by Crippen LogP contribution is 2.26. The van der Waals surface area contributed by atoms with E-state index in [1.165, 1.54) is 17.0 Å². The van der Waals surface area contributed by atoms with Gasteiger partial charge < -0.3 is 10.2 Å². The first-order valence-corrected chi connectivity index (χ1v) is 15.2. The van der Waals surface area contributed by atoms with E-state index >= 15 is 0 Å². The van der Waals surface area contributed by atoms with Crippen molar-refractivity contribution in [2.75, 3.05) is 10.8 Å². The Hall–Kier alpha value is -2.69. The average molecular weight is 665 g/mol. The van der Waals surface area contributed by atoms with Crippen molar-refractivity contribution in [1.29, 1.82) is 0 Å². The van der Waals surface area contributed by atoms with Gasteiger partial charge in [0.05, 0.1) is 10.6 Å². The van der Waals surface area contributed by atoms with Gasteiger partial charge in [0.1, 0.15) is 12.6 Å². The maximum Gasteiger partial charge on any atom is 0.264 e. The average Bonchev–Trinajstić information content (AvgIpc) is 2.90. The Morgan fingerprint density at radius 2 is 1.55 bits per heavy atom. The Kier molecular flexibility index (Phi) is 10.5. The van der Waals surface area contributed by atoms with Gasteiger partial charge in [0, 0.05) is 21.5 Å². The first-order chi connectivity index (χ1) is 18.0. The zero-order chi connectivity index (χ0) is 27.9. The second-order valence-electron chi connectivity index (χ2n) is 8.95. The Balaban J connectivity index is 2.01. The van der Waals surface area contributed by atoms with Crippen molar-refractivity contribution >= 4 is 59.4 Å². The number of benzene rings is 3. The highest BCUT2D eigenvalue weighted by atomic mass is 79.9. The predicted molar refractivity (Wildman–Crippen MR) is 157 cm³/mol. The van der Waals surface area contributed by atoms with Gasteiger partial charge in [-0.15, -0.1) is 0 Å². The molecule has 0 aromatic heterocycles. The standard InChI is InChI=1S/C28H31Br2N3O4S/c1-4-20(2)31-28(35)21(3)32(18-22-9-8-10-24(30)17-22)27(34)19-33(25-15-13-23(29)14-16-25)38(36,37)26-11-6-5-7-12-26/h5-17,20-21H,4,18-19H2,1-3H3,(H,31,35)/t20-,21-/m1/s1. The Morgan fingerprint density at radius 1 is 0.895 bits per heavy atom. The molecule has 0 unspecified atom stereocenters. The lowest BCUT2D eigenvalue weighted by Gasteiger charge is -2.32. The van der Waals surface area contributed by atoms with E-state index in [2.05, 4.69) is 37.2 Å². The number of hydrogen-bond donors (Lipinski definition) is 1. The third-order valence-electron chi connectivity index (χ3n) is 6.13. The number of nitrogens with zero attached hydrogens (tertiary/aromatic N) is 2. The summed E-state index contributed by atoms with van der Waals surface area (Å²) in [7, 11) is -4.08. The van der Waals surface area contributed by atoms with Crippen LogP contribution in [0, 0.1) is 0 Å². The molecular weight excluding hydrogens is 634 g/mol. The molecule has 2 atom stereocenters. The van der Waals surface area contributed by atoms with Crippen LogP contribution in [0.25, 0.3) is 0 Å². The van der Waals surface area contributed by atoms with E-state index in [4.69, 9.17) is 0 Å². The number of rotatable bonds is 11. The van der Waals surface area contributed by atoms with Crippen LogP contribution in [0.5, 0.6) is 0 Å². The van der Waals surface area contributed by atoms with Gasteiger partial charge in [-0.05, 0) is 74.4 Å². The molecule has 0 bridgehead atoms. The summed E-state index contributed by atoms with van der Waals surface area (Å²) in [4.78, 5) is 28.4. The molecule has 0 spiro atoms. The molecule has 0 aliphatic heterocycles. The van der Waals surface area contributed by atoms with Gasteiger partial charge >= 0.3 is 0 Å². The molecule has 0 radical (unpaired) electrons. The van der Waals surface area contributed by atoms with E-state index in [1.807, 2.05) is 38.1 Å². The van der Waals surface area contributed by atoms with E-state index in [0.717, 1.165) is 25.2 Å². The molecule has 1 N–H and O–H groups in total. The van der Waals surface area contributed by atoms with Crippen molar-refractivity contribution in [3.8, 4) is 0 Å². The molecule has 0 heterocycles. The normalized spacial score (nSPS) is 12.9. The predicted octanol–water partition coefficient (Wildman–Crippen LogP) is 5.74. The molecule has 0 aliphatic rings. The second kappa shape index (κ2) is 13.4. The monoisotopic (exact) mass is 663 g/mol. The first-order valence-electron chi connectivity index (χ1n) is 12.2. The fourth-order valence-corrected chi connectivity index (χ4v) is 5.88. The summed E-state index contributed by atoms with van der Waals surface area (Å²) < 4.78 is 30.1. The zero-order valence-corrected chi connectivity index (χ0v) is 25.5. The van der Waals surface area contributed by atoms with Crippen molar-refractivity contribution in [3.05, 3.63) is 93.4 Å². The highest BCUT2D eigenvalue weighted by Gasteiger charge is 2.32. The highest BCUT2D eigenvalue weighted by molar-refractivity contribution is 9.10. The molecule has 0 saturated heterocycles. The number of halogens is 2. The summed E-state index contributed by atoms with van der Waals surface area (Å²) in [5.74, 6) is -0.803. The van der Waals surface area contributed by atoms with Crippen LogP contribution in [-0.2, 0) is 26.2 Å². The fourth-order valence-electron chi connectivity index (χ4n) is 3.74. The van der Waals surface area contributed by atoms with Crippen molar-refractivity contribution in [1.82, 2.24) is 10.2 Å². The third-order valence-corrected chi connectivity index (χ3v) is 8.94. The van der Waals surface area contributed by atoms with Crippen molar-refractivity contribution in [3.63, 3.8) is 0 Å². The third kappa shape index (κ3) is 7.68. The Labute approximate surface area is 241 Å². The molecule has 0 fully saturated rings. The molecule has 3 rings (SSSR count). The van der Waals surface area contributed by atoms with E-state index < -0.39 is 28.5 Å². The summed E-state index contributed by atoms with van der Waals surface area (Å²) in [5, 5.41) is 2.93. The molecule has 38 heavy (non-hydrogen) atoms. The number of hydrogen-bond acceptors (Lipinski definition) is 4. The van der Waals surface area contributed by atoms with Gasteiger partial charge in [-0.3, -0.25) is 13.9 Å². The van der Waals surface area contributed by atoms with Crippen LogP contribution in [0.2, 0.25) is 0 Å². The lowest BCUT2D eigenvalue weighted by Crippen LogP contribution is -2.52. The van der Waals surface area contributed by atoms with Gasteiger partial charge in [-0.2, -0.15) is 0 Å². The molecule has 0 saturated carbocycles. The lowest BCUT2D eigenvalue weighted by atomic mass is 10.1. The maximum atomic E-state index is 13.9. The molecular formula is C28H31Br2N3O4S. The minimum absolute atomic E-state index is 0.0644. The van der Waals surface area contributed by atoms with Gasteiger partial charge in [-0.25, -0.2) is 8.42 Å². The number of nitrogens with one attached hydrogen (secondary N) is 1. The molecule has 7 nitrogen and oxygen atoms in total. The van der Waals surface area contributed by atoms with Gasteiger partial charge in [0.25, 0.3) is 10.0 Å². The van der Waals surface area contributed by atoms with Gasteiger partial charge in [-0.1, -0.05) is 69.1 Å². The number of amides is 2. The fraction of sp³-hybridized carbons (Fsp3) is 0.286. The van der Waals surface area contributed by atoms with Crippen molar-refractivity contribution in [2.45, 2.75) is 50.7 Å². The van der Waals surface area contributed by atoms with E-state index in [-0.39, 0.29) is 23.4 Å². The quantitative estimate of drug-likeness (QED) is 0.283. The van der Waals surface area contributed by atoms with Crippen LogP contribution in [0.4, 0.5) is 5.69 Å². The maximum absolute atomic E-state index is 13.9. The Morgan fingerprint density at radius 3 is 2.16 bits per heavy atom. The number of carbonyl (C=O) groups excluding carboxylic acids is 2. The van der Waals surface area contributed by atoms with Crippen LogP contribution in [0.3, 0.4) is 0 Å². The summed E-state index contributed by atoms with van der Waals surface area (Å²) in [6.07, 6.45) is 0.741. The number of anilines is 1. The molecule has 3 aromatic rings.